The zero-order chi connectivity index (χ0) is 13.3. The van der Waals surface area contributed by atoms with Gasteiger partial charge in [0.15, 0.2) is 0 Å². The van der Waals surface area contributed by atoms with Gasteiger partial charge in [-0.15, -0.1) is 0 Å². The molecule has 7 heteroatoms. The SMILES string of the molecule is O=C(O)c1cc2ccc(OC(F)F)cc2nc1Cl. The number of benzene rings is 1. The fourth-order valence-electron chi connectivity index (χ4n) is 1.45. The third-order valence-electron chi connectivity index (χ3n) is 2.20. The lowest BCUT2D eigenvalue weighted by molar-refractivity contribution is -0.0497. The molecule has 0 radical (unpaired) electrons. The normalized spacial score (nSPS) is 10.9. The average molecular weight is 274 g/mol. The summed E-state index contributed by atoms with van der Waals surface area (Å²) in [6.07, 6.45) is 0. The van der Waals surface area contributed by atoms with Crippen molar-refractivity contribution in [2.75, 3.05) is 0 Å². The van der Waals surface area contributed by atoms with Gasteiger partial charge in [-0.3, -0.25) is 0 Å². The monoisotopic (exact) mass is 273 g/mol. The second kappa shape index (κ2) is 4.73. The maximum atomic E-state index is 12.0. The van der Waals surface area contributed by atoms with Crippen LogP contribution in [0.3, 0.4) is 0 Å². The molecule has 1 N–H and O–H groups in total. The van der Waals surface area contributed by atoms with Gasteiger partial charge in [-0.2, -0.15) is 8.78 Å². The van der Waals surface area contributed by atoms with Crippen LogP contribution in [0.25, 0.3) is 10.9 Å². The number of fused-ring (bicyclic) bond motifs is 1. The van der Waals surface area contributed by atoms with Crippen molar-refractivity contribution in [2.45, 2.75) is 6.61 Å². The highest BCUT2D eigenvalue weighted by atomic mass is 35.5. The van der Waals surface area contributed by atoms with Gasteiger partial charge in [0, 0.05) is 11.5 Å². The largest absolute Gasteiger partial charge is 0.478 e. The van der Waals surface area contributed by atoms with E-state index in [0.29, 0.717) is 5.39 Å². The molecule has 0 bridgehead atoms. The van der Waals surface area contributed by atoms with Crippen molar-refractivity contribution in [1.29, 1.82) is 0 Å². The summed E-state index contributed by atoms with van der Waals surface area (Å²) in [6.45, 7) is -2.93. The molecule has 1 aromatic heterocycles. The number of carboxylic acid groups (broad SMARTS) is 1. The van der Waals surface area contributed by atoms with E-state index >= 15 is 0 Å². The van der Waals surface area contributed by atoms with E-state index in [1.54, 1.807) is 0 Å². The second-order valence-corrected chi connectivity index (χ2v) is 3.72. The van der Waals surface area contributed by atoms with Crippen molar-refractivity contribution in [3.8, 4) is 5.75 Å². The zero-order valence-corrected chi connectivity index (χ0v) is 9.49. The number of aromatic nitrogens is 1. The van der Waals surface area contributed by atoms with Gasteiger partial charge in [-0.1, -0.05) is 11.6 Å². The van der Waals surface area contributed by atoms with Crippen LogP contribution in [0.5, 0.6) is 5.75 Å². The summed E-state index contributed by atoms with van der Waals surface area (Å²) in [5.74, 6) is -1.27. The Morgan fingerprint density at radius 1 is 1.39 bits per heavy atom. The number of alkyl halides is 2. The van der Waals surface area contributed by atoms with E-state index in [-0.39, 0.29) is 22.0 Å². The molecule has 2 rings (SSSR count). The topological polar surface area (TPSA) is 59.4 Å². The third-order valence-corrected chi connectivity index (χ3v) is 2.49. The zero-order valence-electron chi connectivity index (χ0n) is 8.73. The van der Waals surface area contributed by atoms with Crippen molar-refractivity contribution in [3.05, 3.63) is 35.0 Å². The number of rotatable bonds is 3. The molecule has 94 valence electrons. The molecule has 0 aliphatic heterocycles. The molecule has 0 fully saturated rings. The van der Waals surface area contributed by atoms with Gasteiger partial charge < -0.3 is 9.84 Å². The number of ether oxygens (including phenoxy) is 1. The number of carboxylic acids is 1. The highest BCUT2D eigenvalue weighted by Crippen LogP contribution is 2.25. The van der Waals surface area contributed by atoms with E-state index in [9.17, 15) is 13.6 Å². The lowest BCUT2D eigenvalue weighted by Crippen LogP contribution is -2.02. The molecule has 0 unspecified atom stereocenters. The van der Waals surface area contributed by atoms with E-state index in [1.165, 1.54) is 24.3 Å². The van der Waals surface area contributed by atoms with E-state index in [4.69, 9.17) is 16.7 Å². The summed E-state index contributed by atoms with van der Waals surface area (Å²) in [7, 11) is 0. The maximum absolute atomic E-state index is 12.0. The van der Waals surface area contributed by atoms with Gasteiger partial charge in [-0.05, 0) is 18.2 Å². The Balaban J connectivity index is 2.52. The van der Waals surface area contributed by atoms with E-state index in [1.807, 2.05) is 0 Å². The van der Waals surface area contributed by atoms with Crippen LogP contribution in [0.2, 0.25) is 5.15 Å². The number of hydrogen-bond donors (Lipinski definition) is 1. The van der Waals surface area contributed by atoms with Gasteiger partial charge >= 0.3 is 12.6 Å². The lowest BCUT2D eigenvalue weighted by Gasteiger charge is -2.06. The minimum absolute atomic E-state index is 0.0656. The highest BCUT2D eigenvalue weighted by molar-refractivity contribution is 6.32. The fraction of sp³-hybridized carbons (Fsp3) is 0.0909. The molecule has 0 saturated heterocycles. The van der Waals surface area contributed by atoms with Crippen LogP contribution in [0, 0.1) is 0 Å². The van der Waals surface area contributed by atoms with Crippen molar-refractivity contribution in [2.24, 2.45) is 0 Å². The molecule has 18 heavy (non-hydrogen) atoms. The number of pyridine rings is 1. The Bertz CT molecular complexity index is 619. The minimum atomic E-state index is -2.93. The van der Waals surface area contributed by atoms with Crippen molar-refractivity contribution in [1.82, 2.24) is 4.98 Å². The maximum Gasteiger partial charge on any atom is 0.387 e. The summed E-state index contributed by atoms with van der Waals surface area (Å²) in [4.78, 5) is 14.7. The molecule has 0 saturated carbocycles. The van der Waals surface area contributed by atoms with Crippen molar-refractivity contribution in [3.63, 3.8) is 0 Å². The first kappa shape index (κ1) is 12.5. The smallest absolute Gasteiger partial charge is 0.387 e. The molecule has 0 aliphatic rings. The molecule has 1 heterocycles. The van der Waals surface area contributed by atoms with E-state index in [0.717, 1.165) is 0 Å². The molecule has 1 aromatic carbocycles. The Morgan fingerprint density at radius 3 is 2.72 bits per heavy atom. The minimum Gasteiger partial charge on any atom is -0.478 e. The second-order valence-electron chi connectivity index (χ2n) is 3.36. The molecule has 0 atom stereocenters. The van der Waals surface area contributed by atoms with Crippen LogP contribution in [-0.4, -0.2) is 22.7 Å². The van der Waals surface area contributed by atoms with E-state index < -0.39 is 12.6 Å². The number of halogens is 3. The van der Waals surface area contributed by atoms with Gasteiger partial charge in [0.05, 0.1) is 11.1 Å². The Hall–Kier alpha value is -1.95. The van der Waals surface area contributed by atoms with Crippen molar-refractivity contribution >= 4 is 28.5 Å². The number of aromatic carboxylic acids is 1. The molecular weight excluding hydrogens is 268 g/mol. The molecule has 0 amide bonds. The van der Waals surface area contributed by atoms with Gasteiger partial charge in [-0.25, -0.2) is 9.78 Å². The summed E-state index contributed by atoms with van der Waals surface area (Å²) in [5.41, 5.74) is 0.134. The van der Waals surface area contributed by atoms with Crippen LogP contribution < -0.4 is 4.74 Å². The molecule has 4 nitrogen and oxygen atoms in total. The lowest BCUT2D eigenvalue weighted by atomic mass is 10.1. The molecule has 0 spiro atoms. The van der Waals surface area contributed by atoms with E-state index in [2.05, 4.69) is 9.72 Å². The first-order chi connectivity index (χ1) is 8.47. The Labute approximate surface area is 105 Å². The summed E-state index contributed by atoms with van der Waals surface area (Å²) < 4.78 is 28.3. The summed E-state index contributed by atoms with van der Waals surface area (Å²) >= 11 is 5.68. The predicted octanol–water partition coefficient (Wildman–Crippen LogP) is 3.19. The molecular formula is C11H6ClF2NO3. The summed E-state index contributed by atoms with van der Waals surface area (Å²) in [5, 5.41) is 9.12. The third kappa shape index (κ3) is 2.48. The number of carbonyl (C=O) groups is 1. The Kier molecular flexibility index (Phi) is 3.29. The van der Waals surface area contributed by atoms with Crippen LogP contribution in [0.15, 0.2) is 24.3 Å². The van der Waals surface area contributed by atoms with Crippen LogP contribution >= 0.6 is 11.6 Å². The fourth-order valence-corrected chi connectivity index (χ4v) is 1.68. The van der Waals surface area contributed by atoms with Crippen LogP contribution in [0.1, 0.15) is 10.4 Å². The van der Waals surface area contributed by atoms with Crippen molar-refractivity contribution < 1.29 is 23.4 Å². The van der Waals surface area contributed by atoms with Crippen LogP contribution in [-0.2, 0) is 0 Å². The van der Waals surface area contributed by atoms with Gasteiger partial charge in [0.2, 0.25) is 0 Å². The number of nitrogens with zero attached hydrogens (tertiary/aromatic N) is 1. The first-order valence-electron chi connectivity index (χ1n) is 4.76. The number of hydrogen-bond acceptors (Lipinski definition) is 3. The van der Waals surface area contributed by atoms with Gasteiger partial charge in [0.1, 0.15) is 10.9 Å². The molecule has 2 aromatic rings. The quantitative estimate of drug-likeness (QED) is 0.873. The van der Waals surface area contributed by atoms with Crippen LogP contribution in [0.4, 0.5) is 8.78 Å². The molecule has 0 aliphatic carbocycles. The standard InChI is InChI=1S/C11H6ClF2NO3/c12-9-7(10(16)17)3-5-1-2-6(18-11(13)14)4-8(5)15-9/h1-4,11H,(H,16,17). The summed E-state index contributed by atoms with van der Waals surface area (Å²) in [6, 6.07) is 5.32. The van der Waals surface area contributed by atoms with Gasteiger partial charge in [0.25, 0.3) is 0 Å². The Morgan fingerprint density at radius 2 is 2.11 bits per heavy atom. The highest BCUT2D eigenvalue weighted by Gasteiger charge is 2.12. The average Bonchev–Trinajstić information content (AvgIpc) is 2.26. The predicted molar refractivity (Wildman–Crippen MR) is 60.3 cm³/mol. The first-order valence-corrected chi connectivity index (χ1v) is 5.13.